The number of nitrogens with zero attached hydrogens (tertiary/aromatic N) is 2. The maximum Gasteiger partial charge on any atom is 0.276 e. The normalized spacial score (nSPS) is 10.2. The van der Waals surface area contributed by atoms with Crippen LogP contribution in [0.15, 0.2) is 60.7 Å². The molecule has 0 fully saturated rings. The van der Waals surface area contributed by atoms with E-state index in [0.717, 1.165) is 0 Å². The highest BCUT2D eigenvalue weighted by Crippen LogP contribution is 2.21. The predicted octanol–water partition coefficient (Wildman–Crippen LogP) is 4.27. The lowest BCUT2D eigenvalue weighted by atomic mass is 10.3. The molecule has 2 N–H and O–H groups in total. The van der Waals surface area contributed by atoms with Gasteiger partial charge >= 0.3 is 0 Å². The van der Waals surface area contributed by atoms with Gasteiger partial charge in [0.2, 0.25) is 0 Å². The molecule has 0 radical (unpaired) electrons. The number of hydrogen-bond donors (Lipinski definition) is 2. The Morgan fingerprint density at radius 3 is 2.38 bits per heavy atom. The number of carbonyl (C=O) groups excluding carboxylic acids is 1. The van der Waals surface area contributed by atoms with Crippen LogP contribution in [-0.2, 0) is 0 Å². The van der Waals surface area contributed by atoms with Gasteiger partial charge in [0.1, 0.15) is 5.82 Å². The van der Waals surface area contributed by atoms with Crippen LogP contribution in [0.5, 0.6) is 0 Å². The number of hydrogen-bond acceptors (Lipinski definition) is 4. The molecule has 0 spiro atoms. The SMILES string of the molecule is O=C(Nc1ccccc1Cl)c1ccc(Nc2ccc(F)cc2)nn1. The van der Waals surface area contributed by atoms with Crippen molar-refractivity contribution in [1.82, 2.24) is 10.2 Å². The highest BCUT2D eigenvalue weighted by Gasteiger charge is 2.10. The lowest BCUT2D eigenvalue weighted by Crippen LogP contribution is -2.14. The third-order valence-electron chi connectivity index (χ3n) is 3.14. The van der Waals surface area contributed by atoms with Crippen LogP contribution in [0.3, 0.4) is 0 Å². The minimum absolute atomic E-state index is 0.152. The summed E-state index contributed by atoms with van der Waals surface area (Å²) in [6.07, 6.45) is 0. The summed E-state index contributed by atoms with van der Waals surface area (Å²) in [5.41, 5.74) is 1.32. The van der Waals surface area contributed by atoms with Crippen molar-refractivity contribution in [2.45, 2.75) is 0 Å². The summed E-state index contributed by atoms with van der Waals surface area (Å²) in [5, 5.41) is 13.9. The molecule has 0 saturated heterocycles. The minimum atomic E-state index is -0.413. The van der Waals surface area contributed by atoms with Gasteiger partial charge in [0, 0.05) is 5.69 Å². The maximum atomic E-state index is 12.9. The summed E-state index contributed by atoms with van der Waals surface area (Å²) in [6.45, 7) is 0. The van der Waals surface area contributed by atoms with E-state index in [0.29, 0.717) is 22.2 Å². The average molecular weight is 343 g/mol. The number of aromatic nitrogens is 2. The summed E-state index contributed by atoms with van der Waals surface area (Å²) < 4.78 is 12.9. The second kappa shape index (κ2) is 7.06. The summed E-state index contributed by atoms with van der Waals surface area (Å²) >= 11 is 5.99. The van der Waals surface area contributed by atoms with E-state index in [1.165, 1.54) is 18.2 Å². The molecule has 0 unspecified atom stereocenters. The van der Waals surface area contributed by atoms with Crippen molar-refractivity contribution in [2.24, 2.45) is 0 Å². The molecule has 0 aliphatic heterocycles. The first-order chi connectivity index (χ1) is 11.6. The van der Waals surface area contributed by atoms with Crippen LogP contribution in [0.1, 0.15) is 10.5 Å². The molecule has 7 heteroatoms. The topological polar surface area (TPSA) is 66.9 Å². The molecule has 3 rings (SSSR count). The van der Waals surface area contributed by atoms with Gasteiger partial charge < -0.3 is 10.6 Å². The van der Waals surface area contributed by atoms with E-state index in [9.17, 15) is 9.18 Å². The number of rotatable bonds is 4. The summed E-state index contributed by atoms with van der Waals surface area (Å²) in [6, 6.07) is 15.9. The summed E-state index contributed by atoms with van der Waals surface area (Å²) in [5.74, 6) is -0.293. The highest BCUT2D eigenvalue weighted by atomic mass is 35.5. The molecule has 0 aliphatic carbocycles. The van der Waals surface area contributed by atoms with Gasteiger partial charge in [0.15, 0.2) is 11.5 Å². The monoisotopic (exact) mass is 342 g/mol. The van der Waals surface area contributed by atoms with Crippen molar-refractivity contribution in [3.8, 4) is 0 Å². The van der Waals surface area contributed by atoms with Crippen molar-refractivity contribution in [3.63, 3.8) is 0 Å². The number of para-hydroxylation sites is 1. The first-order valence-corrected chi connectivity index (χ1v) is 7.42. The molecular weight excluding hydrogens is 331 g/mol. The van der Waals surface area contributed by atoms with Gasteiger partial charge in [0.25, 0.3) is 5.91 Å². The number of benzene rings is 2. The third-order valence-corrected chi connectivity index (χ3v) is 3.47. The lowest BCUT2D eigenvalue weighted by molar-refractivity contribution is 0.102. The zero-order chi connectivity index (χ0) is 16.9. The Morgan fingerprint density at radius 1 is 0.958 bits per heavy atom. The Kier molecular flexibility index (Phi) is 4.67. The van der Waals surface area contributed by atoms with E-state index in [1.807, 2.05) is 0 Å². The number of anilines is 3. The van der Waals surface area contributed by atoms with Crippen LogP contribution in [0.25, 0.3) is 0 Å². The first-order valence-electron chi connectivity index (χ1n) is 7.04. The summed E-state index contributed by atoms with van der Waals surface area (Å²) in [4.78, 5) is 12.1. The largest absolute Gasteiger partial charge is 0.339 e. The smallest absolute Gasteiger partial charge is 0.276 e. The van der Waals surface area contributed by atoms with Crippen LogP contribution in [0.2, 0.25) is 5.02 Å². The van der Waals surface area contributed by atoms with Crippen LogP contribution in [0.4, 0.5) is 21.6 Å². The predicted molar refractivity (Wildman–Crippen MR) is 91.1 cm³/mol. The fraction of sp³-hybridized carbons (Fsp3) is 0. The molecule has 3 aromatic rings. The Morgan fingerprint density at radius 2 is 1.71 bits per heavy atom. The van der Waals surface area contributed by atoms with Crippen LogP contribution < -0.4 is 10.6 Å². The van der Waals surface area contributed by atoms with Crippen molar-refractivity contribution in [2.75, 3.05) is 10.6 Å². The van der Waals surface area contributed by atoms with Crippen molar-refractivity contribution in [1.29, 1.82) is 0 Å². The molecule has 5 nitrogen and oxygen atoms in total. The fourth-order valence-corrected chi connectivity index (χ4v) is 2.13. The zero-order valence-corrected chi connectivity index (χ0v) is 13.1. The van der Waals surface area contributed by atoms with Crippen molar-refractivity contribution < 1.29 is 9.18 Å². The number of halogens is 2. The molecular formula is C17H12ClFN4O. The Bertz CT molecular complexity index is 853. The quantitative estimate of drug-likeness (QED) is 0.743. The second-order valence-corrected chi connectivity index (χ2v) is 5.28. The molecule has 1 heterocycles. The molecule has 2 aromatic carbocycles. The van der Waals surface area contributed by atoms with Gasteiger partial charge in [-0.05, 0) is 48.5 Å². The Hall–Kier alpha value is -2.99. The first kappa shape index (κ1) is 15.9. The van der Waals surface area contributed by atoms with Gasteiger partial charge in [-0.25, -0.2) is 4.39 Å². The fourth-order valence-electron chi connectivity index (χ4n) is 1.95. The van der Waals surface area contributed by atoms with Crippen LogP contribution >= 0.6 is 11.6 Å². The molecule has 120 valence electrons. The third kappa shape index (κ3) is 3.85. The molecule has 24 heavy (non-hydrogen) atoms. The standard InChI is InChI=1S/C17H12ClFN4O/c18-13-3-1-2-4-14(13)21-17(24)15-9-10-16(23-22-15)20-12-7-5-11(19)6-8-12/h1-10H,(H,20,23)(H,21,24). The molecule has 1 aromatic heterocycles. The molecule has 1 amide bonds. The van der Waals surface area contributed by atoms with Gasteiger partial charge in [-0.15, -0.1) is 10.2 Å². The van der Waals surface area contributed by atoms with Gasteiger partial charge in [0.05, 0.1) is 10.7 Å². The number of carbonyl (C=O) groups is 1. The van der Waals surface area contributed by atoms with Gasteiger partial charge in [-0.2, -0.15) is 0 Å². The van der Waals surface area contributed by atoms with E-state index in [1.54, 1.807) is 42.5 Å². The summed E-state index contributed by atoms with van der Waals surface area (Å²) in [7, 11) is 0. The van der Waals surface area contributed by atoms with E-state index in [2.05, 4.69) is 20.8 Å². The molecule has 0 bridgehead atoms. The Balaban J connectivity index is 1.68. The van der Waals surface area contributed by atoms with E-state index in [-0.39, 0.29) is 11.5 Å². The van der Waals surface area contributed by atoms with E-state index < -0.39 is 5.91 Å². The Labute approximate surface area is 142 Å². The van der Waals surface area contributed by atoms with Gasteiger partial charge in [-0.1, -0.05) is 23.7 Å². The highest BCUT2D eigenvalue weighted by molar-refractivity contribution is 6.33. The zero-order valence-electron chi connectivity index (χ0n) is 12.3. The van der Waals surface area contributed by atoms with Crippen molar-refractivity contribution in [3.05, 3.63) is 77.2 Å². The second-order valence-electron chi connectivity index (χ2n) is 4.87. The van der Waals surface area contributed by atoms with E-state index >= 15 is 0 Å². The van der Waals surface area contributed by atoms with Gasteiger partial charge in [-0.3, -0.25) is 4.79 Å². The average Bonchev–Trinajstić information content (AvgIpc) is 2.59. The lowest BCUT2D eigenvalue weighted by Gasteiger charge is -2.07. The van der Waals surface area contributed by atoms with Crippen molar-refractivity contribution >= 4 is 34.7 Å². The number of nitrogens with one attached hydrogen (secondary N) is 2. The van der Waals surface area contributed by atoms with Crippen LogP contribution in [0, 0.1) is 5.82 Å². The van der Waals surface area contributed by atoms with E-state index in [4.69, 9.17) is 11.6 Å². The molecule has 0 saturated carbocycles. The molecule has 0 atom stereocenters. The number of amides is 1. The minimum Gasteiger partial charge on any atom is -0.339 e. The maximum absolute atomic E-state index is 12.9. The van der Waals surface area contributed by atoms with Crippen LogP contribution in [-0.4, -0.2) is 16.1 Å². The molecule has 0 aliphatic rings.